The third-order valence-corrected chi connectivity index (χ3v) is 5.58. The van der Waals surface area contributed by atoms with E-state index in [0.717, 1.165) is 5.25 Å². The quantitative estimate of drug-likeness (QED) is 0.878. The van der Waals surface area contributed by atoms with Crippen LogP contribution in [-0.4, -0.2) is 26.0 Å². The van der Waals surface area contributed by atoms with Gasteiger partial charge in [0.2, 0.25) is 0 Å². The first kappa shape index (κ1) is 15.6. The Hall–Kier alpha value is -1.26. The first-order valence-electron chi connectivity index (χ1n) is 8.19. The monoisotopic (exact) mass is 316 g/mol. The average molecular weight is 316 g/mol. The fourth-order valence-electron chi connectivity index (χ4n) is 3.05. The Morgan fingerprint density at radius 3 is 2.64 bits per heavy atom. The topological polar surface area (TPSA) is 38.0 Å². The van der Waals surface area contributed by atoms with Crippen LogP contribution in [0.25, 0.3) is 0 Å². The SMILES string of the molecule is OC(Cc1ccc(SC2CCCCC2)cc1)Cn1ccnc1. The number of rotatable bonds is 6. The van der Waals surface area contributed by atoms with Crippen LogP contribution < -0.4 is 0 Å². The van der Waals surface area contributed by atoms with Gasteiger partial charge in [-0.2, -0.15) is 0 Å². The Morgan fingerprint density at radius 1 is 1.18 bits per heavy atom. The van der Waals surface area contributed by atoms with E-state index >= 15 is 0 Å². The Balaban J connectivity index is 1.50. The molecule has 3 rings (SSSR count). The molecule has 1 heterocycles. The van der Waals surface area contributed by atoms with Crippen molar-refractivity contribution < 1.29 is 5.11 Å². The van der Waals surface area contributed by atoms with Gasteiger partial charge < -0.3 is 9.67 Å². The van der Waals surface area contributed by atoms with Crippen molar-refractivity contribution in [2.45, 2.75) is 61.3 Å². The lowest BCUT2D eigenvalue weighted by atomic mass is 10.0. The molecule has 0 amide bonds. The van der Waals surface area contributed by atoms with E-state index in [2.05, 4.69) is 29.2 Å². The molecule has 1 saturated carbocycles. The molecule has 1 fully saturated rings. The second-order valence-corrected chi connectivity index (χ2v) is 7.51. The fourth-order valence-corrected chi connectivity index (χ4v) is 4.30. The Labute approximate surface area is 136 Å². The number of thioether (sulfide) groups is 1. The maximum Gasteiger partial charge on any atom is 0.0946 e. The number of hydrogen-bond acceptors (Lipinski definition) is 3. The normalized spacial score (nSPS) is 17.5. The van der Waals surface area contributed by atoms with Crippen LogP contribution in [0.4, 0.5) is 0 Å². The summed E-state index contributed by atoms with van der Waals surface area (Å²) in [5.41, 5.74) is 1.20. The molecule has 0 radical (unpaired) electrons. The van der Waals surface area contributed by atoms with Gasteiger partial charge in [-0.3, -0.25) is 0 Å². The van der Waals surface area contributed by atoms with Gasteiger partial charge in [-0.05, 0) is 30.5 Å². The third kappa shape index (κ3) is 4.62. The van der Waals surface area contributed by atoms with E-state index < -0.39 is 0 Å². The molecule has 1 N–H and O–H groups in total. The van der Waals surface area contributed by atoms with Crippen molar-refractivity contribution in [2.75, 3.05) is 0 Å². The molecule has 1 unspecified atom stereocenters. The number of benzene rings is 1. The second-order valence-electron chi connectivity index (χ2n) is 6.14. The number of aliphatic hydroxyl groups excluding tert-OH is 1. The summed E-state index contributed by atoms with van der Waals surface area (Å²) >= 11 is 2.02. The molecule has 1 aliphatic rings. The lowest BCUT2D eigenvalue weighted by Crippen LogP contribution is -2.17. The third-order valence-electron chi connectivity index (χ3n) is 4.23. The molecule has 2 aromatic rings. The van der Waals surface area contributed by atoms with Gasteiger partial charge in [0, 0.05) is 35.5 Å². The van der Waals surface area contributed by atoms with E-state index in [9.17, 15) is 5.11 Å². The molecule has 1 aromatic heterocycles. The molecule has 0 saturated heterocycles. The molecule has 22 heavy (non-hydrogen) atoms. The summed E-state index contributed by atoms with van der Waals surface area (Å²) in [4.78, 5) is 5.36. The van der Waals surface area contributed by atoms with Crippen molar-refractivity contribution in [1.29, 1.82) is 0 Å². The van der Waals surface area contributed by atoms with E-state index in [1.54, 1.807) is 12.5 Å². The van der Waals surface area contributed by atoms with Crippen LogP contribution in [0.15, 0.2) is 47.9 Å². The number of aliphatic hydroxyl groups is 1. The second kappa shape index (κ2) is 7.84. The lowest BCUT2D eigenvalue weighted by Gasteiger charge is -2.21. The molecule has 0 bridgehead atoms. The van der Waals surface area contributed by atoms with Gasteiger partial charge in [0.05, 0.1) is 12.4 Å². The van der Waals surface area contributed by atoms with Crippen molar-refractivity contribution >= 4 is 11.8 Å². The summed E-state index contributed by atoms with van der Waals surface area (Å²) in [6.45, 7) is 0.596. The highest BCUT2D eigenvalue weighted by molar-refractivity contribution is 8.00. The standard InChI is InChI=1S/C18H24N2OS/c21-16(13-20-11-10-19-14-20)12-15-6-8-18(9-7-15)22-17-4-2-1-3-5-17/h6-11,14,16-17,21H,1-5,12-13H2. The van der Waals surface area contributed by atoms with Gasteiger partial charge in [0.1, 0.15) is 0 Å². The smallest absolute Gasteiger partial charge is 0.0946 e. The molecular formula is C18H24N2OS. The van der Waals surface area contributed by atoms with Gasteiger partial charge >= 0.3 is 0 Å². The molecule has 4 heteroatoms. The molecule has 1 aliphatic carbocycles. The minimum absolute atomic E-state index is 0.369. The number of aromatic nitrogens is 2. The largest absolute Gasteiger partial charge is 0.391 e. The van der Waals surface area contributed by atoms with Gasteiger partial charge in [0.15, 0.2) is 0 Å². The lowest BCUT2D eigenvalue weighted by molar-refractivity contribution is 0.154. The Kier molecular flexibility index (Phi) is 5.57. The van der Waals surface area contributed by atoms with Crippen molar-refractivity contribution in [1.82, 2.24) is 9.55 Å². The summed E-state index contributed by atoms with van der Waals surface area (Å²) in [6, 6.07) is 8.72. The zero-order valence-corrected chi connectivity index (χ0v) is 13.7. The highest BCUT2D eigenvalue weighted by Crippen LogP contribution is 2.33. The Morgan fingerprint density at radius 2 is 1.95 bits per heavy atom. The van der Waals surface area contributed by atoms with Crippen LogP contribution in [0.2, 0.25) is 0 Å². The maximum absolute atomic E-state index is 10.2. The van der Waals surface area contributed by atoms with E-state index in [0.29, 0.717) is 13.0 Å². The minimum atomic E-state index is -0.369. The molecule has 1 aromatic carbocycles. The summed E-state index contributed by atoms with van der Waals surface area (Å²) < 4.78 is 1.91. The molecule has 0 spiro atoms. The summed E-state index contributed by atoms with van der Waals surface area (Å²) in [5.74, 6) is 0. The van der Waals surface area contributed by atoms with Gasteiger partial charge in [-0.25, -0.2) is 4.98 Å². The van der Waals surface area contributed by atoms with E-state index in [1.807, 2.05) is 22.5 Å². The van der Waals surface area contributed by atoms with Crippen LogP contribution in [0.1, 0.15) is 37.7 Å². The summed E-state index contributed by atoms with van der Waals surface area (Å²) in [7, 11) is 0. The zero-order valence-electron chi connectivity index (χ0n) is 12.9. The predicted molar refractivity (Wildman–Crippen MR) is 91.1 cm³/mol. The summed E-state index contributed by atoms with van der Waals surface area (Å²) in [5, 5.41) is 10.9. The van der Waals surface area contributed by atoms with Crippen LogP contribution in [0.5, 0.6) is 0 Å². The minimum Gasteiger partial charge on any atom is -0.391 e. The van der Waals surface area contributed by atoms with Gasteiger partial charge in [0.25, 0.3) is 0 Å². The highest BCUT2D eigenvalue weighted by Gasteiger charge is 2.14. The van der Waals surface area contributed by atoms with Crippen LogP contribution in [0.3, 0.4) is 0 Å². The van der Waals surface area contributed by atoms with Crippen molar-refractivity contribution in [3.63, 3.8) is 0 Å². The van der Waals surface area contributed by atoms with Crippen molar-refractivity contribution in [3.05, 3.63) is 48.5 Å². The molecule has 3 nitrogen and oxygen atoms in total. The predicted octanol–water partition coefficient (Wildman–Crippen LogP) is 3.91. The maximum atomic E-state index is 10.2. The van der Waals surface area contributed by atoms with Crippen LogP contribution in [0, 0.1) is 0 Å². The van der Waals surface area contributed by atoms with Crippen molar-refractivity contribution in [3.8, 4) is 0 Å². The first-order chi connectivity index (χ1) is 10.8. The number of hydrogen-bond donors (Lipinski definition) is 1. The molecule has 118 valence electrons. The highest BCUT2D eigenvalue weighted by atomic mass is 32.2. The van der Waals surface area contributed by atoms with E-state index in [1.165, 1.54) is 42.6 Å². The number of nitrogens with zero attached hydrogens (tertiary/aromatic N) is 2. The molecular weight excluding hydrogens is 292 g/mol. The fraction of sp³-hybridized carbons (Fsp3) is 0.500. The number of imidazole rings is 1. The van der Waals surface area contributed by atoms with Gasteiger partial charge in [-0.1, -0.05) is 31.4 Å². The molecule has 0 aliphatic heterocycles. The van der Waals surface area contributed by atoms with Gasteiger partial charge in [-0.15, -0.1) is 11.8 Å². The molecule has 1 atom stereocenters. The van der Waals surface area contributed by atoms with Crippen LogP contribution >= 0.6 is 11.8 Å². The van der Waals surface area contributed by atoms with Crippen LogP contribution in [-0.2, 0) is 13.0 Å². The van der Waals surface area contributed by atoms with E-state index in [-0.39, 0.29) is 6.10 Å². The average Bonchev–Trinajstić information content (AvgIpc) is 3.03. The first-order valence-corrected chi connectivity index (χ1v) is 9.07. The summed E-state index contributed by atoms with van der Waals surface area (Å²) in [6.07, 6.45) is 12.6. The Bertz CT molecular complexity index is 547. The van der Waals surface area contributed by atoms with E-state index in [4.69, 9.17) is 0 Å². The van der Waals surface area contributed by atoms with Crippen molar-refractivity contribution in [2.24, 2.45) is 0 Å². The zero-order chi connectivity index (χ0) is 15.2.